The van der Waals surface area contributed by atoms with Crippen LogP contribution in [-0.4, -0.2) is 24.8 Å². The lowest BCUT2D eigenvalue weighted by atomic mass is 10.1. The Balaban J connectivity index is 3.37. The molecule has 0 aliphatic heterocycles. The normalized spacial score (nSPS) is 9.00. The van der Waals surface area contributed by atoms with Gasteiger partial charge in [0.05, 0.1) is 7.11 Å². The molecule has 7 heteroatoms. The van der Waals surface area contributed by atoms with E-state index in [1.807, 2.05) is 0 Å². The summed E-state index contributed by atoms with van der Waals surface area (Å²) in [6.45, 7) is -0.590. The van der Waals surface area contributed by atoms with Crippen LogP contribution in [0.4, 0.5) is 0 Å². The third kappa shape index (κ3) is 3.91. The van der Waals surface area contributed by atoms with Crippen LogP contribution in [0.1, 0.15) is 5.56 Å². The number of carboxylic acids is 1. The molecule has 0 saturated carbocycles. The number of hydrogen-bond acceptors (Lipinski definition) is 5. The van der Waals surface area contributed by atoms with Crippen molar-refractivity contribution < 1.29 is 19.4 Å². The largest absolute Gasteiger partial charge is 0.493 e. The Morgan fingerprint density at radius 1 is 1.45 bits per heavy atom. The Labute approximate surface area is 120 Å². The third-order valence-electron chi connectivity index (χ3n) is 2.15. The number of methoxy groups -OCH3 is 1. The maximum absolute atomic E-state index is 10.6. The smallest absolute Gasteiger partial charge is 0.341 e. The molecule has 20 heavy (non-hydrogen) atoms. The second-order valence-corrected chi connectivity index (χ2v) is 3.93. The summed E-state index contributed by atoms with van der Waals surface area (Å²) in [7, 11) is 1.36. The Morgan fingerprint density at radius 3 is 2.60 bits per heavy atom. The van der Waals surface area contributed by atoms with Crippen LogP contribution in [0.15, 0.2) is 17.7 Å². The van der Waals surface area contributed by atoms with Gasteiger partial charge in [-0.1, -0.05) is 11.6 Å². The van der Waals surface area contributed by atoms with Gasteiger partial charge in [0.1, 0.15) is 17.7 Å². The molecule has 0 aromatic heterocycles. The molecule has 0 unspecified atom stereocenters. The first-order valence-corrected chi connectivity index (χ1v) is 5.63. The summed E-state index contributed by atoms with van der Waals surface area (Å²) in [5.74, 6) is -0.861. The van der Waals surface area contributed by atoms with Gasteiger partial charge < -0.3 is 14.6 Å². The van der Waals surface area contributed by atoms with Gasteiger partial charge in [0.15, 0.2) is 18.1 Å². The summed E-state index contributed by atoms with van der Waals surface area (Å²) in [6, 6.07) is 6.27. The number of nitriles is 2. The highest BCUT2D eigenvalue weighted by Gasteiger charge is 2.13. The van der Waals surface area contributed by atoms with E-state index < -0.39 is 12.6 Å². The molecule has 1 rings (SSSR count). The number of carbonyl (C=O) groups is 1. The maximum atomic E-state index is 10.6. The molecule has 0 spiro atoms. The van der Waals surface area contributed by atoms with Crippen LogP contribution in [-0.2, 0) is 4.79 Å². The second-order valence-electron chi connectivity index (χ2n) is 3.49. The van der Waals surface area contributed by atoms with Gasteiger partial charge in [0, 0.05) is 16.7 Å². The summed E-state index contributed by atoms with van der Waals surface area (Å²) in [5.41, 5.74) is 0.114. The first-order chi connectivity index (χ1) is 9.51. The number of nitrogens with zero attached hydrogens (tertiary/aromatic N) is 2. The van der Waals surface area contributed by atoms with Crippen LogP contribution in [0.25, 0.3) is 6.08 Å². The number of ether oxygens (including phenoxy) is 2. The van der Waals surface area contributed by atoms with E-state index in [0.29, 0.717) is 5.02 Å². The highest BCUT2D eigenvalue weighted by atomic mass is 35.5. The van der Waals surface area contributed by atoms with Crippen molar-refractivity contribution in [3.05, 3.63) is 28.3 Å². The summed E-state index contributed by atoms with van der Waals surface area (Å²) in [5, 5.41) is 26.4. The molecule has 1 N–H and O–H groups in total. The zero-order valence-corrected chi connectivity index (χ0v) is 11.1. The highest BCUT2D eigenvalue weighted by molar-refractivity contribution is 6.31. The van der Waals surface area contributed by atoms with Gasteiger partial charge in [-0.3, -0.25) is 0 Å². The van der Waals surface area contributed by atoms with Crippen LogP contribution >= 0.6 is 11.6 Å². The number of allylic oxidation sites excluding steroid dienone is 1. The quantitative estimate of drug-likeness (QED) is 0.835. The number of benzene rings is 1. The lowest BCUT2D eigenvalue weighted by Gasteiger charge is -2.12. The van der Waals surface area contributed by atoms with Crippen LogP contribution < -0.4 is 9.47 Å². The van der Waals surface area contributed by atoms with Crippen molar-refractivity contribution >= 4 is 23.6 Å². The predicted octanol–water partition coefficient (Wildman–Crippen LogP) is 2.24. The Morgan fingerprint density at radius 2 is 2.10 bits per heavy atom. The van der Waals surface area contributed by atoms with Gasteiger partial charge in [-0.05, 0) is 12.1 Å². The first-order valence-electron chi connectivity index (χ1n) is 5.25. The van der Waals surface area contributed by atoms with E-state index in [9.17, 15) is 4.79 Å². The van der Waals surface area contributed by atoms with Gasteiger partial charge in [-0.2, -0.15) is 10.5 Å². The minimum atomic E-state index is -1.17. The fourth-order valence-corrected chi connectivity index (χ4v) is 1.60. The number of halogens is 1. The molecule has 0 bridgehead atoms. The van der Waals surface area contributed by atoms with E-state index in [-0.39, 0.29) is 22.6 Å². The van der Waals surface area contributed by atoms with Gasteiger partial charge in [0.25, 0.3) is 0 Å². The van der Waals surface area contributed by atoms with E-state index in [1.165, 1.54) is 25.3 Å². The molecule has 0 atom stereocenters. The van der Waals surface area contributed by atoms with E-state index in [4.69, 9.17) is 36.7 Å². The molecular weight excluding hydrogens is 284 g/mol. The van der Waals surface area contributed by atoms with E-state index >= 15 is 0 Å². The molecule has 0 aliphatic carbocycles. The molecule has 1 aromatic carbocycles. The highest BCUT2D eigenvalue weighted by Crippen LogP contribution is 2.36. The van der Waals surface area contributed by atoms with Crippen molar-refractivity contribution in [1.29, 1.82) is 10.5 Å². The summed E-state index contributed by atoms with van der Waals surface area (Å²) in [4.78, 5) is 10.6. The average molecular weight is 293 g/mol. The van der Waals surface area contributed by atoms with E-state index in [0.717, 1.165) is 0 Å². The molecule has 1 aromatic rings. The van der Waals surface area contributed by atoms with Crippen LogP contribution in [0.2, 0.25) is 5.02 Å². The first kappa shape index (κ1) is 15.4. The predicted molar refractivity (Wildman–Crippen MR) is 70.3 cm³/mol. The molecular formula is C13H9ClN2O4. The van der Waals surface area contributed by atoms with Gasteiger partial charge in [-0.25, -0.2) is 4.79 Å². The van der Waals surface area contributed by atoms with Crippen molar-refractivity contribution in [2.45, 2.75) is 0 Å². The number of aliphatic carboxylic acids is 1. The zero-order valence-electron chi connectivity index (χ0n) is 10.4. The average Bonchev–Trinajstić information content (AvgIpc) is 2.42. The standard InChI is InChI=1S/C13H9ClN2O4/c1-19-11-4-10(14)3-9(2-8(5-15)6-16)13(11)20-7-12(17)18/h2-4H,7H2,1H3,(H,17,18). The minimum Gasteiger partial charge on any atom is -0.493 e. The van der Waals surface area contributed by atoms with Gasteiger partial charge >= 0.3 is 5.97 Å². The fraction of sp³-hybridized carbons (Fsp3) is 0.154. The molecule has 0 heterocycles. The van der Waals surface area contributed by atoms with Crippen LogP contribution in [0, 0.1) is 22.7 Å². The van der Waals surface area contributed by atoms with Crippen molar-refractivity contribution in [2.24, 2.45) is 0 Å². The molecule has 0 fully saturated rings. The van der Waals surface area contributed by atoms with Crippen molar-refractivity contribution in [2.75, 3.05) is 13.7 Å². The van der Waals surface area contributed by atoms with Crippen LogP contribution in [0.5, 0.6) is 11.5 Å². The number of carboxylic acid groups (broad SMARTS) is 1. The Bertz CT molecular complexity index is 625. The molecule has 0 radical (unpaired) electrons. The second kappa shape index (κ2) is 7.03. The maximum Gasteiger partial charge on any atom is 0.341 e. The third-order valence-corrected chi connectivity index (χ3v) is 2.37. The molecule has 0 amide bonds. The summed E-state index contributed by atoms with van der Waals surface area (Å²) in [6.07, 6.45) is 1.24. The minimum absolute atomic E-state index is 0.0994. The topological polar surface area (TPSA) is 103 Å². The fourth-order valence-electron chi connectivity index (χ4n) is 1.38. The lowest BCUT2D eigenvalue weighted by Crippen LogP contribution is -2.10. The summed E-state index contributed by atoms with van der Waals surface area (Å²) >= 11 is 5.89. The van der Waals surface area contributed by atoms with Crippen molar-refractivity contribution in [1.82, 2.24) is 0 Å². The number of hydrogen-bond donors (Lipinski definition) is 1. The van der Waals surface area contributed by atoms with Crippen LogP contribution in [0.3, 0.4) is 0 Å². The molecule has 0 aliphatic rings. The lowest BCUT2D eigenvalue weighted by molar-refractivity contribution is -0.139. The van der Waals surface area contributed by atoms with Gasteiger partial charge in [-0.15, -0.1) is 0 Å². The monoisotopic (exact) mass is 292 g/mol. The Hall–Kier alpha value is -2.70. The summed E-state index contributed by atoms with van der Waals surface area (Å²) < 4.78 is 10.2. The van der Waals surface area contributed by atoms with Crippen molar-refractivity contribution in [3.8, 4) is 23.6 Å². The molecule has 6 nitrogen and oxygen atoms in total. The zero-order chi connectivity index (χ0) is 15.1. The van der Waals surface area contributed by atoms with E-state index in [1.54, 1.807) is 12.1 Å². The number of rotatable bonds is 5. The Kier molecular flexibility index (Phi) is 5.40. The van der Waals surface area contributed by atoms with Crippen molar-refractivity contribution in [3.63, 3.8) is 0 Å². The van der Waals surface area contributed by atoms with Gasteiger partial charge in [0.2, 0.25) is 0 Å². The molecule has 0 saturated heterocycles. The SMILES string of the molecule is COc1cc(Cl)cc(C=C(C#N)C#N)c1OCC(=O)O. The van der Waals surface area contributed by atoms with E-state index in [2.05, 4.69) is 0 Å². The molecule has 102 valence electrons.